The molecule has 2 N–H and O–H groups in total. The molecular formula is C16H22N2O4. The summed E-state index contributed by atoms with van der Waals surface area (Å²) < 4.78 is 6.59. The van der Waals surface area contributed by atoms with E-state index in [4.69, 9.17) is 4.42 Å². The van der Waals surface area contributed by atoms with Gasteiger partial charge in [-0.1, -0.05) is 19.1 Å². The van der Waals surface area contributed by atoms with Crippen LogP contribution >= 0.6 is 0 Å². The number of oxazole rings is 1. The smallest absolute Gasteiger partial charge is 0.408 e. The molecule has 1 heterocycles. The van der Waals surface area contributed by atoms with Crippen molar-refractivity contribution in [2.24, 2.45) is 5.92 Å². The maximum Gasteiger partial charge on any atom is 0.419 e. The van der Waals surface area contributed by atoms with Gasteiger partial charge in [0, 0.05) is 19.5 Å². The van der Waals surface area contributed by atoms with Crippen LogP contribution in [0, 0.1) is 5.92 Å². The van der Waals surface area contributed by atoms with E-state index in [0.717, 1.165) is 0 Å². The van der Waals surface area contributed by atoms with Gasteiger partial charge in [-0.15, -0.1) is 0 Å². The number of aromatic nitrogens is 1. The Hall–Kier alpha value is -2.08. The van der Waals surface area contributed by atoms with Crippen molar-refractivity contribution in [3.8, 4) is 0 Å². The van der Waals surface area contributed by atoms with Crippen molar-refractivity contribution >= 4 is 17.0 Å². The average molecular weight is 306 g/mol. The number of benzene rings is 1. The Morgan fingerprint density at radius 2 is 2.09 bits per heavy atom. The first kappa shape index (κ1) is 16.3. The summed E-state index contributed by atoms with van der Waals surface area (Å²) in [6, 6.07) is 7.14. The number of aryl methyl sites for hydroxylation is 1. The normalized spacial score (nSPS) is 14.0. The van der Waals surface area contributed by atoms with E-state index in [1.807, 2.05) is 13.0 Å². The summed E-state index contributed by atoms with van der Waals surface area (Å²) in [5, 5.41) is 12.1. The minimum absolute atomic E-state index is 0.116. The second-order valence-corrected chi connectivity index (χ2v) is 5.73. The van der Waals surface area contributed by atoms with Gasteiger partial charge in [-0.05, 0) is 31.4 Å². The number of amides is 1. The molecule has 1 aromatic heterocycles. The molecule has 6 nitrogen and oxygen atoms in total. The molecule has 6 heteroatoms. The Morgan fingerprint density at radius 1 is 1.36 bits per heavy atom. The van der Waals surface area contributed by atoms with Gasteiger partial charge in [0.2, 0.25) is 5.91 Å². The van der Waals surface area contributed by atoms with Crippen LogP contribution in [-0.2, 0) is 11.3 Å². The third kappa shape index (κ3) is 4.21. The van der Waals surface area contributed by atoms with Crippen LogP contribution in [-0.4, -0.2) is 28.2 Å². The standard InChI is InChI=1S/C16H22N2O4/c1-11(9-12(2)19)10-17-15(20)7-8-18-13-5-3-4-6-14(13)22-16(18)21/h3-6,11-12,19H,7-10H2,1-2H3,(H,17,20). The van der Waals surface area contributed by atoms with Crippen molar-refractivity contribution in [1.29, 1.82) is 0 Å². The van der Waals surface area contributed by atoms with Crippen molar-refractivity contribution < 1.29 is 14.3 Å². The van der Waals surface area contributed by atoms with Crippen molar-refractivity contribution in [2.45, 2.75) is 39.3 Å². The van der Waals surface area contributed by atoms with Gasteiger partial charge in [0.15, 0.2) is 5.58 Å². The molecule has 1 aromatic carbocycles. The van der Waals surface area contributed by atoms with Gasteiger partial charge in [-0.2, -0.15) is 0 Å². The summed E-state index contributed by atoms with van der Waals surface area (Å²) in [5.41, 5.74) is 1.22. The van der Waals surface area contributed by atoms with Crippen LogP contribution in [0.2, 0.25) is 0 Å². The molecule has 2 atom stereocenters. The largest absolute Gasteiger partial charge is 0.419 e. The second kappa shape index (κ2) is 7.26. The zero-order valence-electron chi connectivity index (χ0n) is 12.9. The highest BCUT2D eigenvalue weighted by molar-refractivity contribution is 5.76. The number of para-hydroxylation sites is 2. The number of fused-ring (bicyclic) bond motifs is 1. The van der Waals surface area contributed by atoms with Crippen molar-refractivity contribution in [1.82, 2.24) is 9.88 Å². The molecule has 0 aliphatic rings. The van der Waals surface area contributed by atoms with Gasteiger partial charge >= 0.3 is 5.76 Å². The maximum atomic E-state index is 11.9. The van der Waals surface area contributed by atoms with E-state index < -0.39 is 5.76 Å². The van der Waals surface area contributed by atoms with E-state index in [-0.39, 0.29) is 30.9 Å². The Bertz CT molecular complexity index is 687. The fraction of sp³-hybridized carbons (Fsp3) is 0.500. The molecule has 1 amide bonds. The van der Waals surface area contributed by atoms with Gasteiger partial charge < -0.3 is 14.8 Å². The number of carbonyl (C=O) groups is 1. The van der Waals surface area contributed by atoms with E-state index in [9.17, 15) is 14.7 Å². The van der Waals surface area contributed by atoms with Crippen LogP contribution in [0.3, 0.4) is 0 Å². The van der Waals surface area contributed by atoms with Crippen LogP contribution in [0.4, 0.5) is 0 Å². The van der Waals surface area contributed by atoms with Crippen molar-refractivity contribution in [3.63, 3.8) is 0 Å². The first-order valence-corrected chi connectivity index (χ1v) is 7.50. The highest BCUT2D eigenvalue weighted by Gasteiger charge is 2.11. The van der Waals surface area contributed by atoms with Crippen LogP contribution in [0.5, 0.6) is 0 Å². The number of aliphatic hydroxyl groups is 1. The Labute approximate surface area is 128 Å². The fourth-order valence-electron chi connectivity index (χ4n) is 2.48. The summed E-state index contributed by atoms with van der Waals surface area (Å²) in [6.45, 7) is 4.51. The topological polar surface area (TPSA) is 84.5 Å². The summed E-state index contributed by atoms with van der Waals surface area (Å²) in [4.78, 5) is 23.6. The van der Waals surface area contributed by atoms with Gasteiger partial charge in [0.05, 0.1) is 11.6 Å². The van der Waals surface area contributed by atoms with E-state index in [0.29, 0.717) is 24.1 Å². The molecule has 120 valence electrons. The molecule has 0 aliphatic heterocycles. The number of nitrogens with zero attached hydrogens (tertiary/aromatic N) is 1. The van der Waals surface area contributed by atoms with Crippen LogP contribution in [0.1, 0.15) is 26.7 Å². The third-order valence-corrected chi connectivity index (χ3v) is 3.53. The molecular weight excluding hydrogens is 284 g/mol. The predicted octanol–water partition coefficient (Wildman–Crippen LogP) is 1.51. The lowest BCUT2D eigenvalue weighted by Crippen LogP contribution is -2.30. The number of carbonyl (C=O) groups excluding carboxylic acids is 1. The molecule has 0 spiro atoms. The van der Waals surface area contributed by atoms with Gasteiger partial charge in [0.25, 0.3) is 0 Å². The van der Waals surface area contributed by atoms with Gasteiger partial charge in [-0.25, -0.2) is 4.79 Å². The number of nitrogens with one attached hydrogen (secondary N) is 1. The summed E-state index contributed by atoms with van der Waals surface area (Å²) >= 11 is 0. The minimum Gasteiger partial charge on any atom is -0.408 e. The lowest BCUT2D eigenvalue weighted by atomic mass is 10.0. The second-order valence-electron chi connectivity index (χ2n) is 5.73. The molecule has 0 saturated carbocycles. The van der Waals surface area contributed by atoms with E-state index in [2.05, 4.69) is 5.32 Å². The Morgan fingerprint density at radius 3 is 2.82 bits per heavy atom. The van der Waals surface area contributed by atoms with E-state index in [1.54, 1.807) is 25.1 Å². The summed E-state index contributed by atoms with van der Waals surface area (Å²) in [7, 11) is 0. The Balaban J connectivity index is 1.88. The number of hydrogen-bond donors (Lipinski definition) is 2. The third-order valence-electron chi connectivity index (χ3n) is 3.53. The predicted molar refractivity (Wildman–Crippen MR) is 83.6 cm³/mol. The zero-order chi connectivity index (χ0) is 16.1. The van der Waals surface area contributed by atoms with Crippen LogP contribution in [0.15, 0.2) is 33.5 Å². The van der Waals surface area contributed by atoms with E-state index in [1.165, 1.54) is 4.57 Å². The first-order chi connectivity index (χ1) is 10.5. The van der Waals surface area contributed by atoms with Crippen molar-refractivity contribution in [2.75, 3.05) is 6.54 Å². The molecule has 0 bridgehead atoms. The van der Waals surface area contributed by atoms with Crippen LogP contribution < -0.4 is 11.1 Å². The lowest BCUT2D eigenvalue weighted by molar-refractivity contribution is -0.121. The highest BCUT2D eigenvalue weighted by atomic mass is 16.4. The summed E-state index contributed by atoms with van der Waals surface area (Å²) in [5.74, 6) is -0.354. The fourth-order valence-corrected chi connectivity index (χ4v) is 2.48. The molecule has 2 aromatic rings. The molecule has 2 unspecified atom stereocenters. The van der Waals surface area contributed by atoms with E-state index >= 15 is 0 Å². The zero-order valence-corrected chi connectivity index (χ0v) is 12.9. The molecule has 0 aliphatic carbocycles. The SMILES string of the molecule is CC(O)CC(C)CNC(=O)CCn1c(=O)oc2ccccc21. The minimum atomic E-state index is -0.448. The number of hydrogen-bond acceptors (Lipinski definition) is 4. The molecule has 0 radical (unpaired) electrons. The average Bonchev–Trinajstić information content (AvgIpc) is 2.77. The quantitative estimate of drug-likeness (QED) is 0.812. The highest BCUT2D eigenvalue weighted by Crippen LogP contribution is 2.12. The van der Waals surface area contributed by atoms with Gasteiger partial charge in [0.1, 0.15) is 0 Å². The number of aliphatic hydroxyl groups excluding tert-OH is 1. The number of rotatable bonds is 7. The molecule has 2 rings (SSSR count). The molecule has 0 fully saturated rings. The Kier molecular flexibility index (Phi) is 5.38. The lowest BCUT2D eigenvalue weighted by Gasteiger charge is -2.14. The first-order valence-electron chi connectivity index (χ1n) is 7.50. The van der Waals surface area contributed by atoms with Crippen molar-refractivity contribution in [3.05, 3.63) is 34.8 Å². The molecule has 0 saturated heterocycles. The molecule has 22 heavy (non-hydrogen) atoms. The summed E-state index contributed by atoms with van der Waals surface area (Å²) in [6.07, 6.45) is 0.486. The van der Waals surface area contributed by atoms with Crippen LogP contribution in [0.25, 0.3) is 11.1 Å². The monoisotopic (exact) mass is 306 g/mol. The maximum absolute atomic E-state index is 11.9. The van der Waals surface area contributed by atoms with Gasteiger partial charge in [-0.3, -0.25) is 9.36 Å².